The lowest BCUT2D eigenvalue weighted by Gasteiger charge is -2.25. The van der Waals surface area contributed by atoms with Gasteiger partial charge in [-0.15, -0.1) is 0 Å². The number of aliphatic hydroxyl groups excluding tert-OH is 1. The van der Waals surface area contributed by atoms with Crippen molar-refractivity contribution in [2.45, 2.75) is 51.1 Å². The van der Waals surface area contributed by atoms with E-state index in [4.69, 9.17) is 10.8 Å². The largest absolute Gasteiger partial charge is 0.396 e. The molecule has 0 saturated heterocycles. The smallest absolute Gasteiger partial charge is 0.229 e. The van der Waals surface area contributed by atoms with Crippen molar-refractivity contribution in [3.8, 4) is 0 Å². The van der Waals surface area contributed by atoms with Crippen LogP contribution >= 0.6 is 0 Å². The van der Waals surface area contributed by atoms with E-state index in [1.807, 2.05) is 17.0 Å². The zero-order valence-electron chi connectivity index (χ0n) is 15.9. The molecule has 0 amide bonds. The van der Waals surface area contributed by atoms with Crippen LogP contribution in [-0.2, 0) is 6.54 Å². The van der Waals surface area contributed by atoms with Crippen LogP contribution < -0.4 is 11.1 Å². The third-order valence-corrected chi connectivity index (χ3v) is 4.95. The second-order valence-electron chi connectivity index (χ2n) is 7.12. The number of nitrogens with one attached hydrogen (secondary N) is 1. The summed E-state index contributed by atoms with van der Waals surface area (Å²) in [6, 6.07) is 0.352. The van der Waals surface area contributed by atoms with Gasteiger partial charge in [0.15, 0.2) is 5.65 Å². The van der Waals surface area contributed by atoms with E-state index in [2.05, 4.69) is 25.4 Å². The van der Waals surface area contributed by atoms with E-state index < -0.39 is 0 Å². The molecule has 0 spiro atoms. The van der Waals surface area contributed by atoms with E-state index >= 15 is 0 Å². The Labute approximate surface area is 159 Å². The van der Waals surface area contributed by atoms with E-state index in [1.165, 1.54) is 0 Å². The van der Waals surface area contributed by atoms with E-state index in [1.54, 1.807) is 19.5 Å². The topological polar surface area (TPSA) is 114 Å². The molecule has 2 heterocycles. The fourth-order valence-electron chi connectivity index (χ4n) is 3.43. The number of fused-ring (bicyclic) bond motifs is 1. The van der Waals surface area contributed by atoms with E-state index in [-0.39, 0.29) is 6.61 Å². The Morgan fingerprint density at radius 3 is 2.93 bits per heavy atom. The van der Waals surface area contributed by atoms with Gasteiger partial charge in [-0.05, 0) is 44.4 Å². The fraction of sp³-hybridized carbons (Fsp3) is 0.579. The molecule has 0 atom stereocenters. The van der Waals surface area contributed by atoms with E-state index in [0.717, 1.165) is 55.4 Å². The number of unbranched alkanes of at least 4 members (excludes halogenated alkanes) is 1. The number of hydrogen-bond donors (Lipinski definition) is 3. The summed E-state index contributed by atoms with van der Waals surface area (Å²) in [7, 11) is 1.72. The quantitative estimate of drug-likeness (QED) is 0.484. The monoisotopic (exact) mass is 371 g/mol. The number of aromatic nitrogens is 4. The molecule has 1 aliphatic rings. The highest BCUT2D eigenvalue weighted by Gasteiger charge is 2.20. The molecular weight excluding hydrogens is 342 g/mol. The minimum atomic E-state index is 0.167. The lowest BCUT2D eigenvalue weighted by atomic mass is 9.86. The summed E-state index contributed by atoms with van der Waals surface area (Å²) in [5.41, 5.74) is 7.67. The summed E-state index contributed by atoms with van der Waals surface area (Å²) >= 11 is 0. The number of nitrogens with zero attached hydrogens (tertiary/aromatic N) is 5. The van der Waals surface area contributed by atoms with Gasteiger partial charge in [-0.2, -0.15) is 10.1 Å². The average molecular weight is 371 g/mol. The molecule has 27 heavy (non-hydrogen) atoms. The third kappa shape index (κ3) is 5.33. The number of rotatable bonds is 8. The molecule has 1 saturated carbocycles. The van der Waals surface area contributed by atoms with Gasteiger partial charge in [0.2, 0.25) is 5.95 Å². The van der Waals surface area contributed by atoms with Crippen molar-refractivity contribution in [3.05, 3.63) is 24.2 Å². The predicted octanol–water partition coefficient (Wildman–Crippen LogP) is 2.11. The summed E-state index contributed by atoms with van der Waals surface area (Å²) in [4.78, 5) is 13.1. The second kappa shape index (κ2) is 9.57. The Balaban J connectivity index is 1.74. The van der Waals surface area contributed by atoms with Crippen LogP contribution in [0, 0.1) is 5.92 Å². The van der Waals surface area contributed by atoms with Crippen LogP contribution in [0.25, 0.3) is 11.0 Å². The summed E-state index contributed by atoms with van der Waals surface area (Å²) in [6.07, 6.45) is 13.3. The molecule has 1 fully saturated rings. The molecule has 3 rings (SSSR count). The highest BCUT2D eigenvalue weighted by Crippen LogP contribution is 2.25. The van der Waals surface area contributed by atoms with Crippen molar-refractivity contribution in [2.75, 3.05) is 19.0 Å². The maximum absolute atomic E-state index is 8.95. The van der Waals surface area contributed by atoms with Crippen LogP contribution in [-0.4, -0.2) is 50.8 Å². The van der Waals surface area contributed by atoms with Crippen molar-refractivity contribution in [2.24, 2.45) is 16.6 Å². The minimum Gasteiger partial charge on any atom is -0.396 e. The van der Waals surface area contributed by atoms with Gasteiger partial charge in [0, 0.05) is 38.7 Å². The highest BCUT2D eigenvalue weighted by atomic mass is 16.2. The maximum Gasteiger partial charge on any atom is 0.229 e. The first-order valence-electron chi connectivity index (χ1n) is 9.64. The van der Waals surface area contributed by atoms with Crippen LogP contribution in [0.1, 0.15) is 38.5 Å². The van der Waals surface area contributed by atoms with Crippen molar-refractivity contribution < 1.29 is 5.11 Å². The lowest BCUT2D eigenvalue weighted by molar-refractivity contribution is 0.288. The van der Waals surface area contributed by atoms with Gasteiger partial charge >= 0.3 is 0 Å². The third-order valence-electron chi connectivity index (χ3n) is 4.95. The SMILES string of the molecule is CN=C/C(=C\CCCO)Nc1ncc2cnn(CC3CCC(N)CC3)c2n1. The molecule has 0 aromatic carbocycles. The molecule has 0 aliphatic heterocycles. The van der Waals surface area contributed by atoms with Crippen molar-refractivity contribution in [3.63, 3.8) is 0 Å². The molecule has 0 radical (unpaired) electrons. The Kier molecular flexibility index (Phi) is 6.89. The van der Waals surface area contributed by atoms with E-state index in [0.29, 0.717) is 24.3 Å². The second-order valence-corrected chi connectivity index (χ2v) is 7.12. The van der Waals surface area contributed by atoms with E-state index in [9.17, 15) is 0 Å². The van der Waals surface area contributed by atoms with Gasteiger partial charge in [-0.3, -0.25) is 4.99 Å². The minimum absolute atomic E-state index is 0.167. The fourth-order valence-corrected chi connectivity index (χ4v) is 3.43. The first-order valence-corrected chi connectivity index (χ1v) is 9.64. The zero-order chi connectivity index (χ0) is 19.1. The number of allylic oxidation sites excluding steroid dienone is 2. The molecule has 2 aromatic rings. The zero-order valence-corrected chi connectivity index (χ0v) is 15.9. The van der Waals surface area contributed by atoms with Crippen LogP contribution in [0.5, 0.6) is 0 Å². The van der Waals surface area contributed by atoms with Crippen LogP contribution in [0.2, 0.25) is 0 Å². The molecule has 2 aromatic heterocycles. The molecule has 8 heteroatoms. The summed E-state index contributed by atoms with van der Waals surface area (Å²) in [5, 5.41) is 17.6. The molecule has 4 N–H and O–H groups in total. The Hall–Kier alpha value is -2.32. The van der Waals surface area contributed by atoms with Gasteiger partial charge in [0.05, 0.1) is 17.3 Å². The predicted molar refractivity (Wildman–Crippen MR) is 108 cm³/mol. The first kappa shape index (κ1) is 19.4. The van der Waals surface area contributed by atoms with Gasteiger partial charge in [0.1, 0.15) is 0 Å². The highest BCUT2D eigenvalue weighted by molar-refractivity contribution is 5.83. The summed E-state index contributed by atoms with van der Waals surface area (Å²) in [6.45, 7) is 1.03. The van der Waals surface area contributed by atoms with Gasteiger partial charge in [0.25, 0.3) is 0 Å². The molecule has 1 aliphatic carbocycles. The molecule has 146 valence electrons. The lowest BCUT2D eigenvalue weighted by Crippen LogP contribution is -2.28. The number of nitrogens with two attached hydrogens (primary N) is 1. The number of anilines is 1. The summed E-state index contributed by atoms with van der Waals surface area (Å²) < 4.78 is 1.98. The van der Waals surface area contributed by atoms with Crippen molar-refractivity contribution >= 4 is 23.2 Å². The van der Waals surface area contributed by atoms with Crippen LogP contribution in [0.15, 0.2) is 29.2 Å². The summed E-state index contributed by atoms with van der Waals surface area (Å²) in [5.74, 6) is 1.12. The normalized spacial score (nSPS) is 21.2. The molecule has 0 bridgehead atoms. The first-order chi connectivity index (χ1) is 13.2. The van der Waals surface area contributed by atoms with Crippen molar-refractivity contribution in [1.82, 2.24) is 19.7 Å². The van der Waals surface area contributed by atoms with Gasteiger partial charge < -0.3 is 16.2 Å². The number of aliphatic imine (C=N–C) groups is 1. The van der Waals surface area contributed by atoms with Crippen LogP contribution in [0.3, 0.4) is 0 Å². The van der Waals surface area contributed by atoms with Gasteiger partial charge in [-0.25, -0.2) is 9.67 Å². The molecular formula is C19H29N7O. The Bertz CT molecular complexity index is 790. The van der Waals surface area contributed by atoms with Crippen molar-refractivity contribution in [1.29, 1.82) is 0 Å². The average Bonchev–Trinajstić information content (AvgIpc) is 3.06. The Morgan fingerprint density at radius 1 is 1.37 bits per heavy atom. The number of hydrogen-bond acceptors (Lipinski definition) is 7. The maximum atomic E-state index is 8.95. The Morgan fingerprint density at radius 2 is 2.19 bits per heavy atom. The molecule has 0 unspecified atom stereocenters. The molecule has 8 nitrogen and oxygen atoms in total. The standard InChI is InChI=1S/C19H29N7O/c1-21-12-17(4-2-3-9-27)24-19-22-10-15-11-23-26(18(15)25-19)13-14-5-7-16(20)8-6-14/h4,10-12,14,16,27H,2-3,5-9,13,20H2,1H3,(H,22,24,25)/b17-4+,21-12?. The van der Waals surface area contributed by atoms with Gasteiger partial charge in [-0.1, -0.05) is 6.08 Å². The van der Waals surface area contributed by atoms with Crippen LogP contribution in [0.4, 0.5) is 5.95 Å². The number of aliphatic hydroxyl groups is 1.